The van der Waals surface area contributed by atoms with Gasteiger partial charge in [0, 0.05) is 6.20 Å². The van der Waals surface area contributed by atoms with Crippen molar-refractivity contribution < 1.29 is 4.79 Å². The zero-order valence-electron chi connectivity index (χ0n) is 10.6. The fourth-order valence-corrected chi connectivity index (χ4v) is 1.70. The Morgan fingerprint density at radius 1 is 1.42 bits per heavy atom. The Bertz CT molecular complexity index is 612. The quantitative estimate of drug-likeness (QED) is 0.759. The van der Waals surface area contributed by atoms with Crippen molar-refractivity contribution in [3.8, 4) is 0 Å². The second-order valence-corrected chi connectivity index (χ2v) is 4.14. The highest BCUT2D eigenvalue weighted by Gasteiger charge is 2.09. The Hall–Kier alpha value is -2.63. The number of nitrogens with zero attached hydrogens (tertiary/aromatic N) is 2. The Kier molecular flexibility index (Phi) is 3.61. The van der Waals surface area contributed by atoms with E-state index in [0.717, 1.165) is 11.3 Å². The molecular weight excluding hydrogens is 242 g/mol. The molecule has 6 heteroatoms. The van der Waals surface area contributed by atoms with Crippen molar-refractivity contribution in [2.75, 3.05) is 11.1 Å². The largest absolute Gasteiger partial charge is 0.384 e. The van der Waals surface area contributed by atoms with E-state index in [-0.39, 0.29) is 5.82 Å². The third kappa shape index (κ3) is 2.98. The maximum Gasteiger partial charge on any atom is 0.250 e. The topological polar surface area (TPSA) is 107 Å². The van der Waals surface area contributed by atoms with Crippen LogP contribution >= 0.6 is 0 Å². The summed E-state index contributed by atoms with van der Waals surface area (Å²) in [4.78, 5) is 19.5. The number of primary amides is 1. The minimum atomic E-state index is -0.547. The number of nitrogens with two attached hydrogens (primary N) is 2. The first-order valence-electron chi connectivity index (χ1n) is 5.77. The summed E-state index contributed by atoms with van der Waals surface area (Å²) in [5.41, 5.74) is 13.7. The lowest BCUT2D eigenvalue weighted by Crippen LogP contribution is -2.16. The zero-order chi connectivity index (χ0) is 13.8. The molecule has 19 heavy (non-hydrogen) atoms. The van der Waals surface area contributed by atoms with E-state index in [1.165, 1.54) is 12.3 Å². The summed E-state index contributed by atoms with van der Waals surface area (Å²) in [5.74, 6) is -0.289. The van der Waals surface area contributed by atoms with Crippen LogP contribution in [0.2, 0.25) is 0 Å². The molecule has 0 aliphatic heterocycles. The molecule has 0 aliphatic carbocycles. The number of nitrogen functional groups attached to an aromatic ring is 1. The number of aryl methyl sites for hydroxylation is 1. The SMILES string of the molecule is Cc1cccnc1CNc1cnc(N)cc1C(N)=O. The molecule has 1 amide bonds. The number of hydrogen-bond acceptors (Lipinski definition) is 5. The van der Waals surface area contributed by atoms with Gasteiger partial charge >= 0.3 is 0 Å². The highest BCUT2D eigenvalue weighted by Crippen LogP contribution is 2.17. The fourth-order valence-electron chi connectivity index (χ4n) is 1.70. The molecule has 0 saturated heterocycles. The van der Waals surface area contributed by atoms with Gasteiger partial charge in [0.25, 0.3) is 5.91 Å². The molecule has 98 valence electrons. The molecule has 6 nitrogen and oxygen atoms in total. The van der Waals surface area contributed by atoms with E-state index in [1.807, 2.05) is 19.1 Å². The van der Waals surface area contributed by atoms with E-state index in [0.29, 0.717) is 17.8 Å². The van der Waals surface area contributed by atoms with Crippen LogP contribution < -0.4 is 16.8 Å². The standard InChI is InChI=1S/C13H15N5O/c1-8-3-2-4-16-10(8)6-17-11-7-18-12(14)5-9(11)13(15)19/h2-5,7,17H,6H2,1H3,(H2,14,18)(H2,15,19). The van der Waals surface area contributed by atoms with Crippen LogP contribution in [-0.2, 0) is 6.54 Å². The van der Waals surface area contributed by atoms with Crippen LogP contribution in [0.1, 0.15) is 21.6 Å². The van der Waals surface area contributed by atoms with Crippen LogP contribution in [0.15, 0.2) is 30.6 Å². The van der Waals surface area contributed by atoms with Gasteiger partial charge in [-0.2, -0.15) is 0 Å². The Labute approximate surface area is 110 Å². The Morgan fingerprint density at radius 2 is 2.21 bits per heavy atom. The van der Waals surface area contributed by atoms with E-state index in [9.17, 15) is 4.79 Å². The summed E-state index contributed by atoms with van der Waals surface area (Å²) in [6.07, 6.45) is 3.22. The number of rotatable bonds is 4. The highest BCUT2D eigenvalue weighted by atomic mass is 16.1. The second kappa shape index (κ2) is 5.34. The molecule has 2 heterocycles. The maximum atomic E-state index is 11.3. The number of carbonyl (C=O) groups is 1. The third-order valence-corrected chi connectivity index (χ3v) is 2.75. The van der Waals surface area contributed by atoms with Gasteiger partial charge in [-0.05, 0) is 24.6 Å². The van der Waals surface area contributed by atoms with Crippen LogP contribution in [0.3, 0.4) is 0 Å². The van der Waals surface area contributed by atoms with Gasteiger partial charge in [-0.15, -0.1) is 0 Å². The summed E-state index contributed by atoms with van der Waals surface area (Å²) in [5, 5.41) is 3.10. The van der Waals surface area contributed by atoms with Gasteiger partial charge in [0.2, 0.25) is 0 Å². The minimum absolute atomic E-state index is 0.258. The molecular formula is C13H15N5O. The van der Waals surface area contributed by atoms with Crippen LogP contribution in [0.25, 0.3) is 0 Å². The molecule has 0 saturated carbocycles. The molecule has 0 unspecified atom stereocenters. The average molecular weight is 257 g/mol. The van der Waals surface area contributed by atoms with Crippen molar-refractivity contribution in [1.82, 2.24) is 9.97 Å². The van der Waals surface area contributed by atoms with E-state index >= 15 is 0 Å². The maximum absolute atomic E-state index is 11.3. The summed E-state index contributed by atoms with van der Waals surface area (Å²) in [6.45, 7) is 2.46. The zero-order valence-corrected chi connectivity index (χ0v) is 10.6. The number of carbonyl (C=O) groups excluding carboxylic acids is 1. The van der Waals surface area contributed by atoms with Gasteiger partial charge in [0.05, 0.1) is 29.7 Å². The molecule has 2 aromatic rings. The second-order valence-electron chi connectivity index (χ2n) is 4.14. The minimum Gasteiger partial charge on any atom is -0.384 e. The first kappa shape index (κ1) is 12.8. The number of anilines is 2. The van der Waals surface area contributed by atoms with Crippen LogP contribution in [0.5, 0.6) is 0 Å². The summed E-state index contributed by atoms with van der Waals surface area (Å²) >= 11 is 0. The number of pyridine rings is 2. The van der Waals surface area contributed by atoms with Gasteiger partial charge in [-0.25, -0.2) is 4.98 Å². The molecule has 0 bridgehead atoms. The number of amides is 1. The van der Waals surface area contributed by atoms with Gasteiger partial charge in [-0.1, -0.05) is 6.07 Å². The molecule has 2 rings (SSSR count). The van der Waals surface area contributed by atoms with Crippen LogP contribution in [0, 0.1) is 6.92 Å². The molecule has 0 aliphatic rings. The summed E-state index contributed by atoms with van der Waals surface area (Å²) in [7, 11) is 0. The normalized spacial score (nSPS) is 10.2. The molecule has 0 atom stereocenters. The van der Waals surface area contributed by atoms with Crippen LogP contribution in [-0.4, -0.2) is 15.9 Å². The Morgan fingerprint density at radius 3 is 2.89 bits per heavy atom. The first-order chi connectivity index (χ1) is 9.08. The van der Waals surface area contributed by atoms with E-state index in [2.05, 4.69) is 15.3 Å². The predicted octanol–water partition coefficient (Wildman–Crippen LogP) is 1.08. The van der Waals surface area contributed by atoms with Crippen molar-refractivity contribution in [1.29, 1.82) is 0 Å². The monoisotopic (exact) mass is 257 g/mol. The van der Waals surface area contributed by atoms with Gasteiger partial charge in [0.15, 0.2) is 0 Å². The number of nitrogens with one attached hydrogen (secondary N) is 1. The van der Waals surface area contributed by atoms with Gasteiger partial charge < -0.3 is 16.8 Å². The Balaban J connectivity index is 2.20. The van der Waals surface area contributed by atoms with E-state index in [1.54, 1.807) is 6.20 Å². The van der Waals surface area contributed by atoms with E-state index < -0.39 is 5.91 Å². The lowest BCUT2D eigenvalue weighted by Gasteiger charge is -2.11. The van der Waals surface area contributed by atoms with Crippen LogP contribution in [0.4, 0.5) is 11.5 Å². The lowest BCUT2D eigenvalue weighted by atomic mass is 10.2. The number of hydrogen-bond donors (Lipinski definition) is 3. The lowest BCUT2D eigenvalue weighted by molar-refractivity contribution is 0.100. The number of aromatic nitrogens is 2. The van der Waals surface area contributed by atoms with Gasteiger partial charge in [0.1, 0.15) is 5.82 Å². The van der Waals surface area contributed by atoms with Crippen molar-refractivity contribution in [2.45, 2.75) is 13.5 Å². The predicted molar refractivity (Wildman–Crippen MR) is 73.5 cm³/mol. The summed E-state index contributed by atoms with van der Waals surface area (Å²) < 4.78 is 0. The smallest absolute Gasteiger partial charge is 0.250 e. The molecule has 0 spiro atoms. The van der Waals surface area contributed by atoms with Gasteiger partial charge in [-0.3, -0.25) is 9.78 Å². The third-order valence-electron chi connectivity index (χ3n) is 2.75. The molecule has 5 N–H and O–H groups in total. The molecule has 0 aromatic carbocycles. The molecule has 2 aromatic heterocycles. The fraction of sp³-hybridized carbons (Fsp3) is 0.154. The van der Waals surface area contributed by atoms with E-state index in [4.69, 9.17) is 11.5 Å². The first-order valence-corrected chi connectivity index (χ1v) is 5.77. The summed E-state index contributed by atoms with van der Waals surface area (Å²) in [6, 6.07) is 5.30. The average Bonchev–Trinajstić information content (AvgIpc) is 2.38. The van der Waals surface area contributed by atoms with Crippen molar-refractivity contribution in [2.24, 2.45) is 5.73 Å². The van der Waals surface area contributed by atoms with Crippen molar-refractivity contribution in [3.05, 3.63) is 47.4 Å². The highest BCUT2D eigenvalue weighted by molar-refractivity contribution is 5.98. The molecule has 0 radical (unpaired) electrons. The van der Waals surface area contributed by atoms with Crippen molar-refractivity contribution in [3.63, 3.8) is 0 Å². The van der Waals surface area contributed by atoms with Crippen molar-refractivity contribution >= 4 is 17.4 Å². The molecule has 0 fully saturated rings.